The van der Waals surface area contributed by atoms with Gasteiger partial charge in [0, 0.05) is 29.6 Å². The second-order valence-electron chi connectivity index (χ2n) is 10.1. The van der Waals surface area contributed by atoms with Gasteiger partial charge >= 0.3 is 5.97 Å². The standard InChI is InChI=1S/C26H32BrN5O5/c1-26(2,3)18-4-15(5-19(27)9-18)16(8-23(35)36)7-21(33)12-29-24(37)17-6-20(11-28-10-17)32-25-30-13-22(34)14-31-25/h4-6,9-11,16,22,34H,7-8,12-14H2,1-3H3,(H,29,37)(H,35,36)(H2,30,31,32)/t16-/m0/s1. The number of aliphatic carboxylic acids is 1. The highest BCUT2D eigenvalue weighted by Crippen LogP contribution is 2.32. The van der Waals surface area contributed by atoms with Crippen molar-refractivity contribution in [3.63, 3.8) is 0 Å². The highest BCUT2D eigenvalue weighted by Gasteiger charge is 2.23. The molecule has 1 aliphatic heterocycles. The lowest BCUT2D eigenvalue weighted by atomic mass is 9.83. The van der Waals surface area contributed by atoms with Gasteiger partial charge in [0.1, 0.15) is 0 Å². The number of carbonyl (C=O) groups is 3. The molecule has 0 spiro atoms. The summed E-state index contributed by atoms with van der Waals surface area (Å²) in [6.45, 7) is 6.59. The zero-order valence-electron chi connectivity index (χ0n) is 21.0. The predicted molar refractivity (Wildman–Crippen MR) is 144 cm³/mol. The van der Waals surface area contributed by atoms with Crippen LogP contribution in [0, 0.1) is 0 Å². The minimum absolute atomic E-state index is 0.0240. The third-order valence-corrected chi connectivity index (χ3v) is 6.29. The molecule has 3 rings (SSSR count). The number of guanidine groups is 1. The maximum atomic E-state index is 12.8. The number of rotatable bonds is 9. The van der Waals surface area contributed by atoms with Gasteiger partial charge in [-0.15, -0.1) is 0 Å². The van der Waals surface area contributed by atoms with E-state index in [-0.39, 0.29) is 42.7 Å². The minimum atomic E-state index is -0.999. The lowest BCUT2D eigenvalue weighted by Crippen LogP contribution is -2.42. The van der Waals surface area contributed by atoms with Gasteiger partial charge in [-0.05, 0) is 34.7 Å². The van der Waals surface area contributed by atoms with Crippen LogP contribution in [0.15, 0.2) is 46.1 Å². The first-order chi connectivity index (χ1) is 17.4. The van der Waals surface area contributed by atoms with E-state index in [2.05, 4.69) is 62.6 Å². The van der Waals surface area contributed by atoms with Crippen molar-refractivity contribution in [1.82, 2.24) is 15.6 Å². The van der Waals surface area contributed by atoms with Gasteiger partial charge in [-0.3, -0.25) is 24.4 Å². The number of hydrogen-bond acceptors (Lipinski definition) is 8. The average Bonchev–Trinajstić information content (AvgIpc) is 2.82. The number of nitrogens with zero attached hydrogens (tertiary/aromatic N) is 2. The maximum Gasteiger partial charge on any atom is 0.303 e. The van der Waals surface area contributed by atoms with Crippen LogP contribution in [0.25, 0.3) is 0 Å². The molecule has 11 heteroatoms. The van der Waals surface area contributed by atoms with Crippen LogP contribution in [0.2, 0.25) is 0 Å². The van der Waals surface area contributed by atoms with E-state index in [9.17, 15) is 24.6 Å². The number of nitrogens with one attached hydrogen (secondary N) is 3. The Morgan fingerprint density at radius 2 is 1.92 bits per heavy atom. The van der Waals surface area contributed by atoms with Gasteiger partial charge in [-0.2, -0.15) is 0 Å². The average molecular weight is 574 g/mol. The first-order valence-corrected chi connectivity index (χ1v) is 12.7. The van der Waals surface area contributed by atoms with Crippen LogP contribution in [0.3, 0.4) is 0 Å². The number of pyridine rings is 1. The number of carboxylic acid groups (broad SMARTS) is 1. The number of amides is 1. The van der Waals surface area contributed by atoms with E-state index in [0.717, 1.165) is 15.6 Å². The summed E-state index contributed by atoms with van der Waals surface area (Å²) in [5.74, 6) is -1.83. The first kappa shape index (κ1) is 28.3. The predicted octanol–water partition coefficient (Wildman–Crippen LogP) is 2.82. The summed E-state index contributed by atoms with van der Waals surface area (Å²) in [5.41, 5.74) is 2.41. The maximum absolute atomic E-state index is 12.8. The molecule has 0 saturated carbocycles. The Morgan fingerprint density at radius 3 is 2.57 bits per heavy atom. The molecular formula is C26H32BrN5O5. The summed E-state index contributed by atoms with van der Waals surface area (Å²) >= 11 is 3.50. The van der Waals surface area contributed by atoms with Crippen LogP contribution in [0.5, 0.6) is 0 Å². The summed E-state index contributed by atoms with van der Waals surface area (Å²) in [7, 11) is 0. The number of benzene rings is 1. The second kappa shape index (κ2) is 12.3. The van der Waals surface area contributed by atoms with Gasteiger partial charge in [0.2, 0.25) is 0 Å². The van der Waals surface area contributed by atoms with E-state index in [1.165, 1.54) is 12.4 Å². The molecule has 0 bridgehead atoms. The molecule has 1 aromatic heterocycles. The fourth-order valence-electron chi connectivity index (χ4n) is 3.81. The normalized spacial score (nSPS) is 16.2. The lowest BCUT2D eigenvalue weighted by Gasteiger charge is -2.23. The summed E-state index contributed by atoms with van der Waals surface area (Å²) in [4.78, 5) is 45.2. The Bertz CT molecular complexity index is 1190. The highest BCUT2D eigenvalue weighted by molar-refractivity contribution is 9.10. The number of aliphatic imine (C=N–C) groups is 1. The molecule has 1 aromatic carbocycles. The van der Waals surface area contributed by atoms with Crippen LogP contribution in [-0.2, 0) is 15.0 Å². The van der Waals surface area contributed by atoms with Gasteiger partial charge in [0.15, 0.2) is 11.7 Å². The number of hydrogen-bond donors (Lipinski definition) is 5. The molecule has 1 amide bonds. The number of carboxylic acids is 1. The molecule has 5 N–H and O–H groups in total. The van der Waals surface area contributed by atoms with Crippen LogP contribution in [0.4, 0.5) is 5.69 Å². The molecule has 0 radical (unpaired) electrons. The number of Topliss-reactive ketones (excluding diaryl/α,β-unsaturated/α-hetero) is 1. The fraction of sp³-hybridized carbons (Fsp3) is 0.423. The van der Waals surface area contributed by atoms with Gasteiger partial charge in [-0.1, -0.05) is 42.8 Å². The molecule has 10 nitrogen and oxygen atoms in total. The number of ketones is 1. The summed E-state index contributed by atoms with van der Waals surface area (Å²) in [5, 5.41) is 27.5. The van der Waals surface area contributed by atoms with E-state index < -0.39 is 23.9 Å². The van der Waals surface area contributed by atoms with E-state index in [1.54, 1.807) is 6.07 Å². The Kier molecular flexibility index (Phi) is 9.39. The molecule has 2 heterocycles. The van der Waals surface area contributed by atoms with Gasteiger partial charge in [-0.25, -0.2) is 0 Å². The highest BCUT2D eigenvalue weighted by atomic mass is 79.9. The minimum Gasteiger partial charge on any atom is -0.481 e. The quantitative estimate of drug-likeness (QED) is 0.307. The number of aliphatic hydroxyl groups excluding tert-OH is 1. The fourth-order valence-corrected chi connectivity index (χ4v) is 4.32. The molecule has 37 heavy (non-hydrogen) atoms. The van der Waals surface area contributed by atoms with E-state index in [4.69, 9.17) is 0 Å². The van der Waals surface area contributed by atoms with Crippen molar-refractivity contribution < 1.29 is 24.6 Å². The molecular weight excluding hydrogens is 542 g/mol. The first-order valence-electron chi connectivity index (χ1n) is 11.9. The van der Waals surface area contributed by atoms with Gasteiger partial charge in [0.05, 0.1) is 43.1 Å². The van der Waals surface area contributed by atoms with Crippen molar-refractivity contribution in [3.8, 4) is 0 Å². The van der Waals surface area contributed by atoms with Crippen molar-refractivity contribution in [3.05, 3.63) is 57.8 Å². The van der Waals surface area contributed by atoms with Crippen LogP contribution in [-0.4, -0.2) is 64.6 Å². The molecule has 198 valence electrons. The third-order valence-electron chi connectivity index (χ3n) is 5.83. The number of aliphatic hydroxyl groups is 1. The topological polar surface area (TPSA) is 153 Å². The smallest absolute Gasteiger partial charge is 0.303 e. The van der Waals surface area contributed by atoms with E-state index >= 15 is 0 Å². The number of carbonyl (C=O) groups excluding carboxylic acids is 2. The third kappa shape index (κ3) is 8.64. The molecule has 2 aromatic rings. The number of aromatic nitrogens is 1. The Balaban J connectivity index is 1.64. The van der Waals surface area contributed by atoms with E-state index in [0.29, 0.717) is 18.2 Å². The number of anilines is 1. The molecule has 0 saturated heterocycles. The van der Waals surface area contributed by atoms with Gasteiger partial charge < -0.3 is 26.2 Å². The lowest BCUT2D eigenvalue weighted by molar-refractivity contribution is -0.137. The van der Waals surface area contributed by atoms with Crippen LogP contribution in [0.1, 0.15) is 61.0 Å². The Labute approximate surface area is 224 Å². The largest absolute Gasteiger partial charge is 0.481 e. The second-order valence-corrected chi connectivity index (χ2v) is 11.0. The van der Waals surface area contributed by atoms with Crippen LogP contribution < -0.4 is 16.0 Å². The SMILES string of the molecule is CC(C)(C)c1cc(Br)cc([C@H](CC(=O)O)CC(=O)CNC(=O)c2cncc(NC3=NCC(O)CN3)c2)c1. The molecule has 1 aliphatic rings. The number of β-amino-alcohol motifs (C(OH)–C–C–N with tert-alkyl or cyclic N) is 1. The molecule has 1 unspecified atom stereocenters. The zero-order valence-corrected chi connectivity index (χ0v) is 22.6. The Hall–Kier alpha value is -3.31. The zero-order chi connectivity index (χ0) is 27.2. The monoisotopic (exact) mass is 573 g/mol. The van der Waals surface area contributed by atoms with Crippen molar-refractivity contribution in [2.75, 3.05) is 25.0 Å². The summed E-state index contributed by atoms with van der Waals surface area (Å²) < 4.78 is 0.817. The van der Waals surface area contributed by atoms with Crippen molar-refractivity contribution in [1.29, 1.82) is 0 Å². The van der Waals surface area contributed by atoms with E-state index in [1.807, 2.05) is 18.2 Å². The Morgan fingerprint density at radius 1 is 1.16 bits per heavy atom. The summed E-state index contributed by atoms with van der Waals surface area (Å²) in [6, 6.07) is 7.34. The van der Waals surface area contributed by atoms with Crippen molar-refractivity contribution in [2.45, 2.75) is 51.0 Å². The molecule has 0 aliphatic carbocycles. The van der Waals surface area contributed by atoms with Gasteiger partial charge in [0.25, 0.3) is 5.91 Å². The summed E-state index contributed by atoms with van der Waals surface area (Å²) in [6.07, 6.45) is 2.14. The van der Waals surface area contributed by atoms with Crippen molar-refractivity contribution >= 4 is 45.2 Å². The van der Waals surface area contributed by atoms with Crippen molar-refractivity contribution in [2.24, 2.45) is 4.99 Å². The molecule has 2 atom stereocenters. The number of halogens is 1. The van der Waals surface area contributed by atoms with Crippen LogP contribution >= 0.6 is 15.9 Å². The molecule has 0 fully saturated rings.